The molecule has 0 saturated heterocycles. The molecule has 10 nitrogen and oxygen atoms in total. The molecule has 3 unspecified atom stereocenters. The lowest BCUT2D eigenvalue weighted by molar-refractivity contribution is -0.141. The highest BCUT2D eigenvalue weighted by atomic mass is 28.4. The van der Waals surface area contributed by atoms with E-state index in [9.17, 15) is 19.2 Å². The van der Waals surface area contributed by atoms with Gasteiger partial charge in [0.25, 0.3) is 0 Å². The normalized spacial score (nSPS) is 13.8. The molecule has 2 aromatic carbocycles. The van der Waals surface area contributed by atoms with Crippen molar-refractivity contribution in [3.63, 3.8) is 0 Å². The molecule has 0 radical (unpaired) electrons. The van der Waals surface area contributed by atoms with Gasteiger partial charge in [0.1, 0.15) is 13.2 Å². The van der Waals surface area contributed by atoms with Crippen LogP contribution in [-0.2, 0) is 59.2 Å². The second kappa shape index (κ2) is 25.9. The van der Waals surface area contributed by atoms with E-state index in [0.29, 0.717) is 11.8 Å². The van der Waals surface area contributed by atoms with Crippen LogP contribution in [0.2, 0.25) is 21.7 Å². The van der Waals surface area contributed by atoms with Crippen LogP contribution in [0.1, 0.15) is 138 Å². The SMILES string of the molecule is C=CC(=O)OCCO[Si](OC(=O)C(C)c1ccc(CC(C)C)cc1)(C(C)C)C(C)(C)C.C=CC(=O)OCCO[Si](OC(=O)C(C)c1ccc(CC(C)C)cc1)(C(C)C)C(C)C. The molecule has 342 valence electrons. The van der Waals surface area contributed by atoms with Gasteiger partial charge in [0, 0.05) is 33.8 Å². The summed E-state index contributed by atoms with van der Waals surface area (Å²) in [7, 11) is -5.91. The summed E-state index contributed by atoms with van der Waals surface area (Å²) in [4.78, 5) is 48.8. The third-order valence-corrected chi connectivity index (χ3v) is 19.7. The largest absolute Gasteiger partial charge is 0.493 e. The molecule has 2 rings (SSSR count). The van der Waals surface area contributed by atoms with Crippen molar-refractivity contribution in [2.45, 2.75) is 150 Å². The Balaban J connectivity index is 0.000000610. The van der Waals surface area contributed by atoms with E-state index in [4.69, 9.17) is 27.2 Å². The quantitative estimate of drug-likeness (QED) is 0.0461. The number of carbonyl (C=O) groups is 4. The van der Waals surface area contributed by atoms with Gasteiger partial charge >= 0.3 is 41.0 Å². The zero-order valence-corrected chi connectivity index (χ0v) is 42.1. The van der Waals surface area contributed by atoms with E-state index in [2.05, 4.69) is 65.1 Å². The molecule has 0 spiro atoms. The van der Waals surface area contributed by atoms with Crippen molar-refractivity contribution >= 4 is 41.0 Å². The average Bonchev–Trinajstić information content (AvgIpc) is 3.18. The van der Waals surface area contributed by atoms with Gasteiger partial charge < -0.3 is 27.2 Å². The third-order valence-electron chi connectivity index (χ3n) is 10.5. The van der Waals surface area contributed by atoms with E-state index in [1.165, 1.54) is 11.1 Å². The number of esters is 2. The predicted molar refractivity (Wildman–Crippen MR) is 250 cm³/mol. The Morgan fingerprint density at radius 2 is 0.902 bits per heavy atom. The lowest BCUT2D eigenvalue weighted by atomic mass is 9.97. The van der Waals surface area contributed by atoms with Crippen molar-refractivity contribution in [2.75, 3.05) is 26.4 Å². The molecular formula is C49H78O10Si2. The maximum atomic E-state index is 13.2. The van der Waals surface area contributed by atoms with Crippen LogP contribution in [0.4, 0.5) is 0 Å². The molecule has 2 aromatic rings. The lowest BCUT2D eigenvalue weighted by Gasteiger charge is -2.43. The minimum Gasteiger partial charge on any atom is -0.493 e. The highest BCUT2D eigenvalue weighted by Gasteiger charge is 2.56. The van der Waals surface area contributed by atoms with Gasteiger partial charge in [0.2, 0.25) is 0 Å². The van der Waals surface area contributed by atoms with E-state index in [-0.39, 0.29) is 65.9 Å². The van der Waals surface area contributed by atoms with Crippen LogP contribution < -0.4 is 0 Å². The topological polar surface area (TPSA) is 124 Å². The minimum atomic E-state index is -3.01. The van der Waals surface area contributed by atoms with Crippen LogP contribution in [-0.4, -0.2) is 67.4 Å². The fourth-order valence-electron chi connectivity index (χ4n) is 7.19. The fraction of sp³-hybridized carbons (Fsp3) is 0.592. The predicted octanol–water partition coefficient (Wildman–Crippen LogP) is 11.5. The molecule has 0 aliphatic carbocycles. The Labute approximate surface area is 370 Å². The zero-order chi connectivity index (χ0) is 46.7. The van der Waals surface area contributed by atoms with Crippen LogP contribution in [0.3, 0.4) is 0 Å². The van der Waals surface area contributed by atoms with Crippen molar-refractivity contribution in [3.8, 4) is 0 Å². The smallest absolute Gasteiger partial charge is 0.409 e. The summed E-state index contributed by atoms with van der Waals surface area (Å²) in [5.74, 6) is -1.16. The first kappa shape index (κ1) is 55.2. The maximum Gasteiger partial charge on any atom is 0.409 e. The fourth-order valence-corrected chi connectivity index (χ4v) is 14.6. The molecule has 0 heterocycles. The Hall–Kier alpha value is -3.85. The first-order valence-corrected chi connectivity index (χ1v) is 25.7. The lowest BCUT2D eigenvalue weighted by Crippen LogP contribution is -2.55. The summed E-state index contributed by atoms with van der Waals surface area (Å²) in [6, 6.07) is 16.4. The molecule has 12 heteroatoms. The molecule has 3 atom stereocenters. The first-order chi connectivity index (χ1) is 28.4. The van der Waals surface area contributed by atoms with Gasteiger partial charge in [-0.05, 0) is 60.8 Å². The summed E-state index contributed by atoms with van der Waals surface area (Å²) in [5, 5.41) is -0.361. The van der Waals surface area contributed by atoms with Crippen LogP contribution in [0, 0.1) is 11.8 Å². The van der Waals surface area contributed by atoms with Crippen LogP contribution in [0.25, 0.3) is 0 Å². The Bertz CT molecular complexity index is 1670. The zero-order valence-electron chi connectivity index (χ0n) is 40.1. The molecule has 0 aromatic heterocycles. The third kappa shape index (κ3) is 17.4. The second-order valence-electron chi connectivity index (χ2n) is 18.5. The molecule has 0 N–H and O–H groups in total. The molecule has 0 bridgehead atoms. The number of ether oxygens (including phenoxy) is 2. The van der Waals surface area contributed by atoms with E-state index < -0.39 is 35.0 Å². The molecule has 0 aliphatic heterocycles. The highest BCUT2D eigenvalue weighted by Crippen LogP contribution is 2.46. The van der Waals surface area contributed by atoms with Crippen molar-refractivity contribution in [1.29, 1.82) is 0 Å². The summed E-state index contributed by atoms with van der Waals surface area (Å²) in [6.45, 7) is 38.0. The van der Waals surface area contributed by atoms with Gasteiger partial charge in [-0.3, -0.25) is 9.59 Å². The van der Waals surface area contributed by atoms with Crippen molar-refractivity contribution < 1.29 is 46.4 Å². The van der Waals surface area contributed by atoms with Gasteiger partial charge in [-0.2, -0.15) is 0 Å². The molecular weight excluding hydrogens is 805 g/mol. The standard InChI is InChI=1S/C25H40O5Si.C24H38O5Si/c1-10-23(26)28-15-16-29-31(19(4)5,25(7,8)9)30-24(27)20(6)22-13-11-21(12-14-22)17-18(2)3;1-9-23(25)27-14-15-28-30(18(4)5,19(6)7)29-24(26)20(8)22-12-10-21(11-13-22)16-17(2)3/h10-14,18-20H,1,15-17H2,2-9H3;9-13,17-20H,1,14-16H2,2-8H3. The van der Waals surface area contributed by atoms with E-state index in [1.807, 2.05) is 100 Å². The van der Waals surface area contributed by atoms with Gasteiger partial charge in [-0.25, -0.2) is 9.59 Å². The summed E-state index contributed by atoms with van der Waals surface area (Å²) in [5.41, 5.74) is 4.51. The Morgan fingerprint density at radius 3 is 1.21 bits per heavy atom. The number of hydrogen-bond donors (Lipinski definition) is 0. The van der Waals surface area contributed by atoms with E-state index in [0.717, 1.165) is 36.1 Å². The Morgan fingerprint density at radius 1 is 0.541 bits per heavy atom. The minimum absolute atomic E-state index is 0.0205. The average molecular weight is 883 g/mol. The first-order valence-electron chi connectivity index (χ1n) is 21.9. The number of carbonyl (C=O) groups excluding carboxylic acids is 4. The van der Waals surface area contributed by atoms with Crippen LogP contribution in [0.15, 0.2) is 73.8 Å². The summed E-state index contributed by atoms with van der Waals surface area (Å²) in [6.07, 6.45) is 4.26. The van der Waals surface area contributed by atoms with Crippen molar-refractivity contribution in [1.82, 2.24) is 0 Å². The number of rotatable bonds is 23. The van der Waals surface area contributed by atoms with Crippen molar-refractivity contribution in [3.05, 3.63) is 96.1 Å². The van der Waals surface area contributed by atoms with Gasteiger partial charge in [0.05, 0.1) is 25.0 Å². The van der Waals surface area contributed by atoms with Gasteiger partial charge in [-0.15, -0.1) is 0 Å². The van der Waals surface area contributed by atoms with E-state index in [1.54, 1.807) is 0 Å². The summed E-state index contributed by atoms with van der Waals surface area (Å²) < 4.78 is 34.8. The van der Waals surface area contributed by atoms with E-state index >= 15 is 0 Å². The van der Waals surface area contributed by atoms with Gasteiger partial charge in [0.15, 0.2) is 0 Å². The second-order valence-corrected chi connectivity index (χ2v) is 27.2. The Kier molecular flexibility index (Phi) is 23.5. The highest BCUT2D eigenvalue weighted by molar-refractivity contribution is 6.73. The molecule has 0 saturated carbocycles. The van der Waals surface area contributed by atoms with Gasteiger partial charge in [-0.1, -0.05) is 152 Å². The monoisotopic (exact) mass is 883 g/mol. The van der Waals surface area contributed by atoms with Crippen LogP contribution >= 0.6 is 0 Å². The molecule has 0 amide bonds. The summed E-state index contributed by atoms with van der Waals surface area (Å²) >= 11 is 0. The molecule has 0 aliphatic rings. The number of hydrogen-bond acceptors (Lipinski definition) is 10. The van der Waals surface area contributed by atoms with Crippen LogP contribution in [0.5, 0.6) is 0 Å². The molecule has 61 heavy (non-hydrogen) atoms. The number of benzene rings is 2. The molecule has 0 fully saturated rings. The van der Waals surface area contributed by atoms with Crippen molar-refractivity contribution in [2.24, 2.45) is 11.8 Å². The maximum absolute atomic E-state index is 13.2.